The van der Waals surface area contributed by atoms with Crippen molar-refractivity contribution in [3.8, 4) is 5.88 Å². The van der Waals surface area contributed by atoms with Gasteiger partial charge in [0.2, 0.25) is 5.88 Å². The predicted molar refractivity (Wildman–Crippen MR) is 66.6 cm³/mol. The van der Waals surface area contributed by atoms with Gasteiger partial charge in [-0.05, 0) is 36.9 Å². The number of ether oxygens (including phenoxy) is 1. The first-order valence-corrected chi connectivity index (χ1v) is 5.92. The Morgan fingerprint density at radius 2 is 2.25 bits per heavy atom. The fourth-order valence-corrected chi connectivity index (χ4v) is 1.54. The van der Waals surface area contributed by atoms with Crippen LogP contribution in [0.25, 0.3) is 0 Å². The summed E-state index contributed by atoms with van der Waals surface area (Å²) >= 11 is 0. The molecule has 0 amide bonds. The zero-order chi connectivity index (χ0) is 11.8. The number of rotatable bonds is 7. The second kappa shape index (κ2) is 7.23. The lowest BCUT2D eigenvalue weighted by atomic mass is 10.1. The van der Waals surface area contributed by atoms with Gasteiger partial charge in [-0.25, -0.2) is 4.98 Å². The van der Waals surface area contributed by atoms with E-state index in [4.69, 9.17) is 4.74 Å². The summed E-state index contributed by atoms with van der Waals surface area (Å²) in [6.07, 6.45) is 4.30. The van der Waals surface area contributed by atoms with Gasteiger partial charge in [0.05, 0.1) is 7.11 Å². The van der Waals surface area contributed by atoms with Gasteiger partial charge in [0.15, 0.2) is 0 Å². The largest absolute Gasteiger partial charge is 0.481 e. The number of hydrogen-bond acceptors (Lipinski definition) is 3. The third-order valence-electron chi connectivity index (χ3n) is 2.47. The molecule has 0 unspecified atom stereocenters. The quantitative estimate of drug-likeness (QED) is 0.720. The van der Waals surface area contributed by atoms with Gasteiger partial charge in [-0.2, -0.15) is 0 Å². The van der Waals surface area contributed by atoms with E-state index in [0.29, 0.717) is 5.88 Å². The molecule has 0 aliphatic carbocycles. The molecule has 3 heteroatoms. The second-order valence-electron chi connectivity index (χ2n) is 4.42. The third kappa shape index (κ3) is 5.12. The van der Waals surface area contributed by atoms with Gasteiger partial charge in [-0.3, -0.25) is 0 Å². The van der Waals surface area contributed by atoms with E-state index in [1.54, 1.807) is 13.3 Å². The number of hydrogen-bond donors (Lipinski definition) is 1. The average Bonchev–Trinajstić information content (AvgIpc) is 2.28. The SMILES string of the molecule is COc1cc(CNCCCC(C)C)ccn1. The molecule has 0 aromatic carbocycles. The van der Waals surface area contributed by atoms with Crippen molar-refractivity contribution in [1.29, 1.82) is 0 Å². The molecule has 0 atom stereocenters. The van der Waals surface area contributed by atoms with Gasteiger partial charge >= 0.3 is 0 Å². The first-order chi connectivity index (χ1) is 7.72. The van der Waals surface area contributed by atoms with E-state index >= 15 is 0 Å². The summed E-state index contributed by atoms with van der Waals surface area (Å²) in [7, 11) is 1.64. The van der Waals surface area contributed by atoms with E-state index < -0.39 is 0 Å². The molecule has 90 valence electrons. The maximum atomic E-state index is 5.07. The van der Waals surface area contributed by atoms with Crippen LogP contribution < -0.4 is 10.1 Å². The Morgan fingerprint density at radius 3 is 2.94 bits per heavy atom. The van der Waals surface area contributed by atoms with Crippen LogP contribution in [0.3, 0.4) is 0 Å². The highest BCUT2D eigenvalue weighted by atomic mass is 16.5. The summed E-state index contributed by atoms with van der Waals surface area (Å²) < 4.78 is 5.07. The molecule has 1 aromatic heterocycles. The monoisotopic (exact) mass is 222 g/mol. The number of nitrogens with zero attached hydrogens (tertiary/aromatic N) is 1. The van der Waals surface area contributed by atoms with E-state index in [9.17, 15) is 0 Å². The number of pyridine rings is 1. The van der Waals surface area contributed by atoms with Crippen molar-refractivity contribution in [1.82, 2.24) is 10.3 Å². The Hall–Kier alpha value is -1.09. The summed E-state index contributed by atoms with van der Waals surface area (Å²) in [5, 5.41) is 3.43. The van der Waals surface area contributed by atoms with Crippen molar-refractivity contribution in [2.75, 3.05) is 13.7 Å². The molecule has 0 saturated carbocycles. The summed E-state index contributed by atoms with van der Waals surface area (Å²) in [4.78, 5) is 4.08. The summed E-state index contributed by atoms with van der Waals surface area (Å²) in [5.41, 5.74) is 1.22. The maximum absolute atomic E-state index is 5.07. The van der Waals surface area contributed by atoms with Crippen LogP contribution in [0.2, 0.25) is 0 Å². The lowest BCUT2D eigenvalue weighted by Gasteiger charge is -2.07. The Kier molecular flexibility index (Phi) is 5.86. The summed E-state index contributed by atoms with van der Waals surface area (Å²) in [6.45, 7) is 6.47. The van der Waals surface area contributed by atoms with E-state index in [1.807, 2.05) is 12.1 Å². The lowest BCUT2D eigenvalue weighted by molar-refractivity contribution is 0.397. The molecule has 1 rings (SSSR count). The lowest BCUT2D eigenvalue weighted by Crippen LogP contribution is -2.15. The predicted octanol–water partition coefficient (Wildman–Crippen LogP) is 2.62. The van der Waals surface area contributed by atoms with Gasteiger partial charge in [-0.15, -0.1) is 0 Å². The topological polar surface area (TPSA) is 34.1 Å². The first kappa shape index (κ1) is 13.0. The molecule has 0 aliphatic rings. The molecule has 3 nitrogen and oxygen atoms in total. The van der Waals surface area contributed by atoms with E-state index in [1.165, 1.54) is 18.4 Å². The Bertz CT molecular complexity index is 300. The van der Waals surface area contributed by atoms with Crippen LogP contribution in [0.15, 0.2) is 18.3 Å². The highest BCUT2D eigenvalue weighted by molar-refractivity contribution is 5.20. The van der Waals surface area contributed by atoms with Gasteiger partial charge in [0.1, 0.15) is 0 Å². The maximum Gasteiger partial charge on any atom is 0.213 e. The molecule has 16 heavy (non-hydrogen) atoms. The van der Waals surface area contributed by atoms with E-state index in [-0.39, 0.29) is 0 Å². The van der Waals surface area contributed by atoms with Crippen LogP contribution in [0.1, 0.15) is 32.3 Å². The first-order valence-electron chi connectivity index (χ1n) is 5.92. The molecule has 0 bridgehead atoms. The van der Waals surface area contributed by atoms with Crippen molar-refractivity contribution in [2.24, 2.45) is 5.92 Å². The fraction of sp³-hybridized carbons (Fsp3) is 0.615. The third-order valence-corrected chi connectivity index (χ3v) is 2.47. The molecular weight excluding hydrogens is 200 g/mol. The van der Waals surface area contributed by atoms with Gasteiger partial charge < -0.3 is 10.1 Å². The molecule has 0 fully saturated rings. The molecule has 1 N–H and O–H groups in total. The van der Waals surface area contributed by atoms with Crippen LogP contribution in [-0.4, -0.2) is 18.6 Å². The van der Waals surface area contributed by atoms with E-state index in [2.05, 4.69) is 24.1 Å². The number of methoxy groups -OCH3 is 1. The van der Waals surface area contributed by atoms with Crippen molar-refractivity contribution in [3.63, 3.8) is 0 Å². The molecule has 0 radical (unpaired) electrons. The highest BCUT2D eigenvalue weighted by Crippen LogP contribution is 2.08. The van der Waals surface area contributed by atoms with E-state index in [0.717, 1.165) is 19.0 Å². The zero-order valence-corrected chi connectivity index (χ0v) is 10.5. The van der Waals surface area contributed by atoms with Gasteiger partial charge in [0.25, 0.3) is 0 Å². The Labute approximate surface area is 98.2 Å². The van der Waals surface area contributed by atoms with Crippen LogP contribution >= 0.6 is 0 Å². The molecule has 1 heterocycles. The smallest absolute Gasteiger partial charge is 0.213 e. The Balaban J connectivity index is 2.21. The average molecular weight is 222 g/mol. The molecule has 1 aromatic rings. The van der Waals surface area contributed by atoms with Crippen LogP contribution in [0.4, 0.5) is 0 Å². The molecule has 0 aliphatic heterocycles. The Morgan fingerprint density at radius 1 is 1.44 bits per heavy atom. The minimum atomic E-state index is 0.682. The minimum absolute atomic E-state index is 0.682. The number of aromatic nitrogens is 1. The fourth-order valence-electron chi connectivity index (χ4n) is 1.54. The van der Waals surface area contributed by atoms with Crippen molar-refractivity contribution < 1.29 is 4.74 Å². The van der Waals surface area contributed by atoms with Crippen molar-refractivity contribution in [2.45, 2.75) is 33.2 Å². The molecular formula is C13H22N2O. The van der Waals surface area contributed by atoms with Crippen LogP contribution in [0.5, 0.6) is 5.88 Å². The van der Waals surface area contributed by atoms with Crippen LogP contribution in [-0.2, 0) is 6.54 Å². The van der Waals surface area contributed by atoms with Crippen molar-refractivity contribution in [3.05, 3.63) is 23.9 Å². The van der Waals surface area contributed by atoms with Crippen molar-refractivity contribution >= 4 is 0 Å². The summed E-state index contributed by atoms with van der Waals surface area (Å²) in [5.74, 6) is 1.48. The number of nitrogens with one attached hydrogen (secondary N) is 1. The molecule has 0 spiro atoms. The minimum Gasteiger partial charge on any atom is -0.481 e. The van der Waals surface area contributed by atoms with Gasteiger partial charge in [0, 0.05) is 18.8 Å². The zero-order valence-electron chi connectivity index (χ0n) is 10.5. The van der Waals surface area contributed by atoms with Gasteiger partial charge in [-0.1, -0.05) is 13.8 Å². The highest BCUT2D eigenvalue weighted by Gasteiger charge is 1.97. The van der Waals surface area contributed by atoms with Crippen LogP contribution in [0, 0.1) is 5.92 Å². The standard InChI is InChI=1S/C13H22N2O/c1-11(2)5-4-7-14-10-12-6-8-15-13(9-12)16-3/h6,8-9,11,14H,4-5,7,10H2,1-3H3. The molecule has 0 saturated heterocycles. The second-order valence-corrected chi connectivity index (χ2v) is 4.42. The summed E-state index contributed by atoms with van der Waals surface area (Å²) in [6, 6.07) is 3.98. The normalized spacial score (nSPS) is 10.8.